The summed E-state index contributed by atoms with van der Waals surface area (Å²) >= 11 is 0. The van der Waals surface area contributed by atoms with E-state index in [0.717, 1.165) is 27.9 Å². The second kappa shape index (κ2) is 10.5. The van der Waals surface area contributed by atoms with Gasteiger partial charge in [-0.25, -0.2) is 16.0 Å². The van der Waals surface area contributed by atoms with Crippen LogP contribution in [0.25, 0.3) is 10.9 Å². The molecule has 0 atom stereocenters. The number of ether oxygens (including phenoxy) is 2. The molecule has 0 spiro atoms. The first-order valence-electron chi connectivity index (χ1n) is 9.56. The number of hydrogen-bond donors (Lipinski definition) is 4. The lowest BCUT2D eigenvalue weighted by Gasteiger charge is -2.10. The first-order chi connectivity index (χ1) is 15.2. The monoisotopic (exact) mass is 413 g/mol. The van der Waals surface area contributed by atoms with Crippen molar-refractivity contribution in [3.63, 3.8) is 0 Å². The highest BCUT2D eigenvalue weighted by atomic mass is 16.5. The van der Waals surface area contributed by atoms with Crippen molar-refractivity contribution in [3.05, 3.63) is 102 Å². The topological polar surface area (TPSA) is 129 Å². The standard InChI is InChI=1S/C24H21N3O2.H2N2/c25-24(26)19-7-3-5-17(13-19)15-28-21-8-4-9-22(14-21)29-16-20-12-11-18-6-1-2-10-23(18)27-20;1-2/h1-14H,15-16H2,(H3,25,26);1-2H. The Balaban J connectivity index is 0.00000132. The minimum Gasteiger partial charge on any atom is -0.489 e. The van der Waals surface area contributed by atoms with Gasteiger partial charge in [0.25, 0.3) is 0 Å². The van der Waals surface area contributed by atoms with E-state index in [1.165, 1.54) is 0 Å². The van der Waals surface area contributed by atoms with E-state index in [-0.39, 0.29) is 5.84 Å². The summed E-state index contributed by atoms with van der Waals surface area (Å²) in [5, 5.41) is 8.65. The fourth-order valence-corrected chi connectivity index (χ4v) is 3.00. The maximum atomic E-state index is 7.53. The maximum Gasteiger partial charge on any atom is 0.130 e. The van der Waals surface area contributed by atoms with Crippen LogP contribution in [0.1, 0.15) is 16.8 Å². The van der Waals surface area contributed by atoms with Crippen molar-refractivity contribution in [3.8, 4) is 11.5 Å². The Morgan fingerprint density at radius 3 is 2.26 bits per heavy atom. The van der Waals surface area contributed by atoms with Crippen LogP contribution in [0.4, 0.5) is 0 Å². The zero-order chi connectivity index (χ0) is 22.1. The molecule has 0 aliphatic heterocycles. The summed E-state index contributed by atoms with van der Waals surface area (Å²) in [7, 11) is 0. The molecule has 0 aliphatic carbocycles. The molecule has 0 radical (unpaired) electrons. The Morgan fingerprint density at radius 2 is 1.48 bits per heavy atom. The molecule has 0 fully saturated rings. The van der Waals surface area contributed by atoms with Gasteiger partial charge in [0.15, 0.2) is 0 Å². The molecule has 7 heteroatoms. The Hall–Kier alpha value is -4.26. The fraction of sp³-hybridized carbons (Fsp3) is 0.0833. The highest BCUT2D eigenvalue weighted by molar-refractivity contribution is 5.95. The van der Waals surface area contributed by atoms with Gasteiger partial charge >= 0.3 is 0 Å². The predicted octanol–water partition coefficient (Wildman–Crippen LogP) is 5.27. The van der Waals surface area contributed by atoms with Crippen molar-refractivity contribution in [2.24, 2.45) is 5.73 Å². The molecule has 0 unspecified atom stereocenters. The molecule has 0 aliphatic rings. The summed E-state index contributed by atoms with van der Waals surface area (Å²) in [5.41, 5.74) is 19.0. The second-order valence-electron chi connectivity index (χ2n) is 6.66. The predicted molar refractivity (Wildman–Crippen MR) is 120 cm³/mol. The third-order valence-electron chi connectivity index (χ3n) is 4.49. The van der Waals surface area contributed by atoms with Crippen molar-refractivity contribution in [2.75, 3.05) is 0 Å². The van der Waals surface area contributed by atoms with Crippen molar-refractivity contribution in [1.82, 2.24) is 4.98 Å². The largest absolute Gasteiger partial charge is 0.489 e. The molecule has 5 N–H and O–H groups in total. The fourth-order valence-electron chi connectivity index (χ4n) is 3.00. The average Bonchev–Trinajstić information content (AvgIpc) is 2.83. The van der Waals surface area contributed by atoms with E-state index >= 15 is 0 Å². The van der Waals surface area contributed by atoms with Gasteiger partial charge in [-0.15, -0.1) is 0 Å². The van der Waals surface area contributed by atoms with Gasteiger partial charge in [-0.1, -0.05) is 48.5 Å². The number of rotatable bonds is 7. The summed E-state index contributed by atoms with van der Waals surface area (Å²) in [4.78, 5) is 4.63. The summed E-state index contributed by atoms with van der Waals surface area (Å²) < 4.78 is 11.8. The lowest BCUT2D eigenvalue weighted by molar-refractivity contribution is 0.288. The quantitative estimate of drug-likeness (QED) is 0.187. The van der Waals surface area contributed by atoms with Gasteiger partial charge in [-0.3, -0.25) is 5.41 Å². The number of hydrogen-bond acceptors (Lipinski definition) is 6. The van der Waals surface area contributed by atoms with Gasteiger partial charge < -0.3 is 15.2 Å². The van der Waals surface area contributed by atoms with E-state index in [1.807, 2.05) is 72.8 Å². The molecule has 1 aromatic heterocycles. The van der Waals surface area contributed by atoms with E-state index in [1.54, 1.807) is 6.07 Å². The minimum absolute atomic E-state index is 0.0459. The number of aromatic nitrogens is 1. The smallest absolute Gasteiger partial charge is 0.130 e. The van der Waals surface area contributed by atoms with Crippen LogP contribution in [0.15, 0.2) is 84.9 Å². The lowest BCUT2D eigenvalue weighted by atomic mass is 10.1. The van der Waals surface area contributed by atoms with Crippen LogP contribution in [0.5, 0.6) is 11.5 Å². The van der Waals surface area contributed by atoms with Gasteiger partial charge in [-0.05, 0) is 35.9 Å². The van der Waals surface area contributed by atoms with Crippen molar-refractivity contribution >= 4 is 16.7 Å². The van der Waals surface area contributed by atoms with Gasteiger partial charge in [-0.2, -0.15) is 0 Å². The zero-order valence-electron chi connectivity index (χ0n) is 16.8. The molecular formula is C24H23N5O2. The highest BCUT2D eigenvalue weighted by Gasteiger charge is 2.03. The van der Waals surface area contributed by atoms with Crippen molar-refractivity contribution < 1.29 is 9.47 Å². The van der Waals surface area contributed by atoms with E-state index in [4.69, 9.17) is 31.7 Å². The molecule has 4 aromatic rings. The molecule has 0 bridgehead atoms. The molecule has 1 heterocycles. The molecular weight excluding hydrogens is 390 g/mol. The van der Waals surface area contributed by atoms with E-state index < -0.39 is 0 Å². The van der Waals surface area contributed by atoms with Crippen LogP contribution in [0, 0.1) is 16.5 Å². The number of benzene rings is 3. The summed E-state index contributed by atoms with van der Waals surface area (Å²) in [6.45, 7) is 0.770. The second-order valence-corrected chi connectivity index (χ2v) is 6.66. The van der Waals surface area contributed by atoms with Crippen LogP contribution in [-0.2, 0) is 13.2 Å². The Morgan fingerprint density at radius 1 is 0.774 bits per heavy atom. The summed E-state index contributed by atoms with van der Waals surface area (Å²) in [5.74, 6) is 1.47. The molecule has 31 heavy (non-hydrogen) atoms. The molecule has 0 saturated carbocycles. The molecule has 156 valence electrons. The van der Waals surface area contributed by atoms with Gasteiger partial charge in [0, 0.05) is 17.0 Å². The highest BCUT2D eigenvalue weighted by Crippen LogP contribution is 2.22. The summed E-state index contributed by atoms with van der Waals surface area (Å²) in [6.07, 6.45) is 0. The SMILES string of the molecule is N=C(N)c1cccc(COc2cccc(OCc3ccc4ccccc4n3)c2)c1.N=N. The maximum absolute atomic E-state index is 7.53. The number of pyridine rings is 1. The Bertz CT molecular complexity index is 1180. The lowest BCUT2D eigenvalue weighted by Crippen LogP contribution is -2.11. The van der Waals surface area contributed by atoms with E-state index in [0.29, 0.717) is 24.5 Å². The molecule has 3 aromatic carbocycles. The van der Waals surface area contributed by atoms with Crippen molar-refractivity contribution in [1.29, 1.82) is 16.5 Å². The molecule has 0 saturated heterocycles. The van der Waals surface area contributed by atoms with Gasteiger partial charge in [0.1, 0.15) is 30.5 Å². The van der Waals surface area contributed by atoms with Crippen LogP contribution in [0.2, 0.25) is 0 Å². The number of nitrogens with one attached hydrogen (secondary N) is 3. The molecule has 4 rings (SSSR count). The first kappa shape index (κ1) is 21.4. The van der Waals surface area contributed by atoms with E-state index in [2.05, 4.69) is 11.1 Å². The number of nitrogens with zero attached hydrogens (tertiary/aromatic N) is 1. The van der Waals surface area contributed by atoms with Crippen LogP contribution >= 0.6 is 0 Å². The van der Waals surface area contributed by atoms with E-state index in [9.17, 15) is 0 Å². The summed E-state index contributed by atoms with van der Waals surface area (Å²) in [6, 6.07) is 27.0. The number of nitrogens with two attached hydrogens (primary N) is 1. The molecule has 7 nitrogen and oxygen atoms in total. The number of para-hydroxylation sites is 1. The first-order valence-corrected chi connectivity index (χ1v) is 9.56. The Labute approximate surface area is 180 Å². The Kier molecular flexibility index (Phi) is 7.26. The normalized spacial score (nSPS) is 10.1. The minimum atomic E-state index is 0.0459. The molecule has 0 amide bonds. The van der Waals surface area contributed by atoms with Crippen LogP contribution in [0.3, 0.4) is 0 Å². The third kappa shape index (κ3) is 5.86. The van der Waals surface area contributed by atoms with Crippen molar-refractivity contribution in [2.45, 2.75) is 13.2 Å². The average molecular weight is 413 g/mol. The number of nitrogen functional groups attached to an aromatic ring is 1. The zero-order valence-corrected chi connectivity index (χ0v) is 16.8. The van der Waals surface area contributed by atoms with Gasteiger partial charge in [0.2, 0.25) is 0 Å². The van der Waals surface area contributed by atoms with Crippen LogP contribution in [-0.4, -0.2) is 10.8 Å². The number of amidine groups is 1. The van der Waals surface area contributed by atoms with Crippen LogP contribution < -0.4 is 15.2 Å². The number of fused-ring (bicyclic) bond motifs is 1. The third-order valence-corrected chi connectivity index (χ3v) is 4.49. The van der Waals surface area contributed by atoms with Gasteiger partial charge in [0.05, 0.1) is 11.2 Å².